The molecule has 0 aliphatic carbocycles. The highest BCUT2D eigenvalue weighted by molar-refractivity contribution is 7.92. The van der Waals surface area contributed by atoms with Crippen LogP contribution in [0.1, 0.15) is 27.1 Å². The normalized spacial score (nSPS) is 15.2. The van der Waals surface area contributed by atoms with Crippen LogP contribution in [0.4, 0.5) is 20.2 Å². The van der Waals surface area contributed by atoms with Crippen LogP contribution in [0.25, 0.3) is 0 Å². The van der Waals surface area contributed by atoms with Gasteiger partial charge in [-0.3, -0.25) is 14.6 Å². The van der Waals surface area contributed by atoms with Crippen molar-refractivity contribution in [1.82, 2.24) is 4.98 Å². The molecule has 2 amide bonds. The molecule has 0 spiro atoms. The molecular formula is C25H23F2N3O7S. The fourth-order valence-corrected chi connectivity index (χ4v) is 4.57. The zero-order valence-electron chi connectivity index (χ0n) is 20.0. The first-order valence-corrected chi connectivity index (χ1v) is 13.2. The van der Waals surface area contributed by atoms with Crippen molar-refractivity contribution in [2.45, 2.75) is 19.1 Å². The molecule has 1 fully saturated rings. The quantitative estimate of drug-likeness (QED) is 0.430. The van der Waals surface area contributed by atoms with Gasteiger partial charge in [-0.05, 0) is 48.5 Å². The Hall–Kier alpha value is -4.10. The van der Waals surface area contributed by atoms with Crippen molar-refractivity contribution in [2.75, 3.05) is 29.1 Å². The average molecular weight is 548 g/mol. The summed E-state index contributed by atoms with van der Waals surface area (Å²) in [6.07, 6.45) is 3.80. The Kier molecular flexibility index (Phi) is 8.17. The van der Waals surface area contributed by atoms with E-state index in [0.717, 1.165) is 24.5 Å². The summed E-state index contributed by atoms with van der Waals surface area (Å²) in [5.74, 6) is -1.80. The molecule has 200 valence electrons. The van der Waals surface area contributed by atoms with Crippen LogP contribution in [0.2, 0.25) is 0 Å². The van der Waals surface area contributed by atoms with Gasteiger partial charge >= 0.3 is 6.61 Å². The van der Waals surface area contributed by atoms with E-state index < -0.39 is 34.6 Å². The highest BCUT2D eigenvalue weighted by Crippen LogP contribution is 2.36. The van der Waals surface area contributed by atoms with E-state index in [9.17, 15) is 26.8 Å². The lowest BCUT2D eigenvalue weighted by Gasteiger charge is -2.23. The lowest BCUT2D eigenvalue weighted by Crippen LogP contribution is -2.36. The molecule has 1 atom stereocenters. The average Bonchev–Trinajstić information content (AvgIpc) is 3.38. The summed E-state index contributed by atoms with van der Waals surface area (Å²) >= 11 is 0. The second-order valence-electron chi connectivity index (χ2n) is 8.22. The number of benzene rings is 2. The van der Waals surface area contributed by atoms with Crippen molar-refractivity contribution in [2.24, 2.45) is 0 Å². The number of rotatable bonds is 9. The number of aromatic nitrogens is 1. The number of amides is 2. The fourth-order valence-electron chi connectivity index (χ4n) is 3.67. The molecule has 1 aliphatic heterocycles. The molecular weight excluding hydrogens is 524 g/mol. The third kappa shape index (κ3) is 6.61. The lowest BCUT2D eigenvalue weighted by molar-refractivity contribution is -0.0521. The van der Waals surface area contributed by atoms with E-state index in [1.807, 2.05) is 0 Å². The van der Waals surface area contributed by atoms with Gasteiger partial charge in [-0.1, -0.05) is 0 Å². The minimum atomic E-state index is -4.17. The van der Waals surface area contributed by atoms with Crippen molar-refractivity contribution in [3.05, 3.63) is 78.1 Å². The van der Waals surface area contributed by atoms with E-state index in [2.05, 4.69) is 15.0 Å². The van der Waals surface area contributed by atoms with Gasteiger partial charge in [0.2, 0.25) is 10.0 Å². The first kappa shape index (κ1) is 26.9. The van der Waals surface area contributed by atoms with Gasteiger partial charge in [0, 0.05) is 36.1 Å². The van der Waals surface area contributed by atoms with Crippen LogP contribution in [-0.2, 0) is 14.8 Å². The molecule has 2 aromatic carbocycles. The Morgan fingerprint density at radius 3 is 2.47 bits per heavy atom. The van der Waals surface area contributed by atoms with Crippen LogP contribution in [0, 0.1) is 0 Å². The van der Waals surface area contributed by atoms with Crippen LogP contribution in [0.15, 0.2) is 67.0 Å². The Morgan fingerprint density at radius 2 is 1.87 bits per heavy atom. The maximum absolute atomic E-state index is 13.3. The van der Waals surface area contributed by atoms with Crippen LogP contribution in [-0.4, -0.2) is 57.4 Å². The number of halogens is 2. The predicted octanol–water partition coefficient (Wildman–Crippen LogP) is 3.71. The maximum Gasteiger partial charge on any atom is 0.387 e. The standard InChI is InChI=1S/C25H23F2N3O7S/c1-38(33,34)30(19-8-9-21(37-25(26)27)22(13-19)36-20-10-12-35-15-20)24(32)16-4-6-18(7-5-16)29-23(31)17-3-2-11-28-14-17/h2-9,11,13-14,20,25H,10,12,15H2,1H3,(H,29,31)/t20-/m1/s1. The first-order chi connectivity index (χ1) is 18.1. The summed E-state index contributed by atoms with van der Waals surface area (Å²) in [7, 11) is -4.17. The molecule has 13 heteroatoms. The van der Waals surface area contributed by atoms with E-state index >= 15 is 0 Å². The summed E-state index contributed by atoms with van der Waals surface area (Å²) in [6.45, 7) is -2.51. The van der Waals surface area contributed by atoms with E-state index in [0.29, 0.717) is 28.6 Å². The molecule has 2 heterocycles. The monoisotopic (exact) mass is 547 g/mol. The number of hydrogen-bond donors (Lipinski definition) is 1. The summed E-state index contributed by atoms with van der Waals surface area (Å²) < 4.78 is 67.2. The second-order valence-corrected chi connectivity index (χ2v) is 10.0. The van der Waals surface area contributed by atoms with Crippen LogP contribution < -0.4 is 19.1 Å². The highest BCUT2D eigenvalue weighted by Gasteiger charge is 2.29. The summed E-state index contributed by atoms with van der Waals surface area (Å²) in [6, 6.07) is 12.2. The van der Waals surface area contributed by atoms with E-state index in [-0.39, 0.29) is 29.4 Å². The number of anilines is 2. The lowest BCUT2D eigenvalue weighted by atomic mass is 10.1. The molecule has 0 bridgehead atoms. The molecule has 38 heavy (non-hydrogen) atoms. The topological polar surface area (TPSA) is 124 Å². The number of alkyl halides is 2. The van der Waals surface area contributed by atoms with E-state index in [1.165, 1.54) is 36.7 Å². The molecule has 0 unspecified atom stereocenters. The fraction of sp³-hybridized carbons (Fsp3) is 0.240. The molecule has 1 N–H and O–H groups in total. The van der Waals surface area contributed by atoms with Crippen molar-refractivity contribution in [3.63, 3.8) is 0 Å². The number of nitrogens with zero attached hydrogens (tertiary/aromatic N) is 2. The molecule has 0 saturated carbocycles. The molecule has 3 aromatic rings. The van der Waals surface area contributed by atoms with Gasteiger partial charge in [-0.15, -0.1) is 0 Å². The Labute approximate surface area is 217 Å². The summed E-state index contributed by atoms with van der Waals surface area (Å²) in [4.78, 5) is 29.5. The number of ether oxygens (including phenoxy) is 3. The zero-order chi connectivity index (χ0) is 27.3. The van der Waals surface area contributed by atoms with Crippen LogP contribution in [0.3, 0.4) is 0 Å². The number of pyridine rings is 1. The van der Waals surface area contributed by atoms with Crippen molar-refractivity contribution >= 4 is 33.2 Å². The Morgan fingerprint density at radius 1 is 1.11 bits per heavy atom. The van der Waals surface area contributed by atoms with Crippen molar-refractivity contribution in [3.8, 4) is 11.5 Å². The van der Waals surface area contributed by atoms with Crippen molar-refractivity contribution in [1.29, 1.82) is 0 Å². The highest BCUT2D eigenvalue weighted by atomic mass is 32.2. The van der Waals surface area contributed by atoms with Gasteiger partial charge < -0.3 is 19.5 Å². The summed E-state index contributed by atoms with van der Waals surface area (Å²) in [5.41, 5.74) is 0.554. The molecule has 10 nitrogen and oxygen atoms in total. The number of nitrogens with one attached hydrogen (secondary N) is 1. The number of carbonyl (C=O) groups excluding carboxylic acids is 2. The van der Waals surface area contributed by atoms with Crippen LogP contribution in [0.5, 0.6) is 11.5 Å². The smallest absolute Gasteiger partial charge is 0.387 e. The van der Waals surface area contributed by atoms with E-state index in [4.69, 9.17) is 9.47 Å². The van der Waals surface area contributed by atoms with E-state index in [1.54, 1.807) is 12.1 Å². The number of hydrogen-bond acceptors (Lipinski definition) is 8. The van der Waals surface area contributed by atoms with Gasteiger partial charge in [-0.2, -0.15) is 8.78 Å². The van der Waals surface area contributed by atoms with Gasteiger partial charge in [-0.25, -0.2) is 12.7 Å². The van der Waals surface area contributed by atoms with Crippen LogP contribution >= 0.6 is 0 Å². The number of carbonyl (C=O) groups is 2. The van der Waals surface area contributed by atoms with Gasteiger partial charge in [0.25, 0.3) is 11.8 Å². The molecule has 0 radical (unpaired) electrons. The summed E-state index contributed by atoms with van der Waals surface area (Å²) in [5, 5.41) is 2.66. The molecule has 1 aromatic heterocycles. The molecule has 1 aliphatic rings. The largest absolute Gasteiger partial charge is 0.484 e. The third-order valence-corrected chi connectivity index (χ3v) is 6.43. The first-order valence-electron chi connectivity index (χ1n) is 11.3. The Balaban J connectivity index is 1.60. The molecule has 1 saturated heterocycles. The van der Waals surface area contributed by atoms with Gasteiger partial charge in [0.15, 0.2) is 11.5 Å². The predicted molar refractivity (Wildman–Crippen MR) is 133 cm³/mol. The second kappa shape index (κ2) is 11.5. The minimum absolute atomic E-state index is 0.00521. The van der Waals surface area contributed by atoms with Crippen molar-refractivity contribution < 1.29 is 41.0 Å². The van der Waals surface area contributed by atoms with Gasteiger partial charge in [0.1, 0.15) is 6.10 Å². The maximum atomic E-state index is 13.3. The third-order valence-electron chi connectivity index (χ3n) is 5.39. The van der Waals surface area contributed by atoms with Gasteiger partial charge in [0.05, 0.1) is 30.7 Å². The Bertz CT molecular complexity index is 1400. The SMILES string of the molecule is CS(=O)(=O)N(C(=O)c1ccc(NC(=O)c2cccnc2)cc1)c1ccc(OC(F)F)c(O[C@@H]2CCOC2)c1. The number of sulfonamides is 1. The molecule has 4 rings (SSSR count). The zero-order valence-corrected chi connectivity index (χ0v) is 20.9. The minimum Gasteiger partial charge on any atom is -0.484 e.